The van der Waals surface area contributed by atoms with Crippen LogP contribution in [0.1, 0.15) is 16.7 Å². The van der Waals surface area contributed by atoms with Crippen molar-refractivity contribution in [3.05, 3.63) is 93.3 Å². The van der Waals surface area contributed by atoms with E-state index in [4.69, 9.17) is 9.47 Å². The summed E-state index contributed by atoms with van der Waals surface area (Å²) in [6, 6.07) is 13.2. The highest BCUT2D eigenvalue weighted by Gasteiger charge is 2.37. The number of hydrogen-bond donors (Lipinski definition) is 0. The normalized spacial score (nSPS) is 12.9. The Morgan fingerprint density at radius 2 is 1.68 bits per heavy atom. The van der Waals surface area contributed by atoms with Gasteiger partial charge in [0.15, 0.2) is 11.5 Å². The number of nitrogens with zero attached hydrogens (tertiary/aromatic N) is 2. The Labute approximate surface area is 210 Å². The van der Waals surface area contributed by atoms with Gasteiger partial charge in [-0.2, -0.15) is 18.4 Å². The molecule has 0 amide bonds. The highest BCUT2D eigenvalue weighted by Crippen LogP contribution is 2.40. The molecule has 0 unspecified atom stereocenters. The molecule has 2 aromatic heterocycles. The molecule has 188 valence electrons. The summed E-state index contributed by atoms with van der Waals surface area (Å²) in [4.78, 5) is 14.0. The molecule has 0 fully saturated rings. The number of fused-ring (bicyclic) bond motifs is 1. The van der Waals surface area contributed by atoms with Crippen molar-refractivity contribution >= 4 is 11.3 Å². The zero-order valence-corrected chi connectivity index (χ0v) is 19.6. The van der Waals surface area contributed by atoms with Crippen LogP contribution in [-0.4, -0.2) is 17.8 Å². The Morgan fingerprint density at radius 3 is 2.38 bits per heavy atom. The van der Waals surface area contributed by atoms with Gasteiger partial charge < -0.3 is 14.0 Å². The second-order valence-electron chi connectivity index (χ2n) is 8.08. The maximum absolute atomic E-state index is 14.4. The first-order valence-corrected chi connectivity index (χ1v) is 11.7. The van der Waals surface area contributed by atoms with Gasteiger partial charge in [0.25, 0.3) is 5.56 Å². The third-order valence-electron chi connectivity index (χ3n) is 5.75. The van der Waals surface area contributed by atoms with Crippen LogP contribution in [0.5, 0.6) is 11.5 Å². The molecule has 5 rings (SSSR count). The summed E-state index contributed by atoms with van der Waals surface area (Å²) in [6.07, 6.45) is -4.98. The standard InChI is InChI=1S/C26H15F5N2O3S/c27-16-3-1-15(19(28)10-16)13-33-20(11-18(26(29,30)31)17(12-32)25(33)34)24-6-5-23(37-24)14-2-4-21-22(9-14)36-8-7-35-21/h1-6,9-11H,7-8,13H2. The first-order chi connectivity index (χ1) is 17.7. The molecule has 0 radical (unpaired) electrons. The van der Waals surface area contributed by atoms with E-state index in [0.29, 0.717) is 47.3 Å². The van der Waals surface area contributed by atoms with E-state index in [2.05, 4.69) is 0 Å². The van der Waals surface area contributed by atoms with Crippen molar-refractivity contribution in [1.29, 1.82) is 5.26 Å². The van der Waals surface area contributed by atoms with Gasteiger partial charge in [-0.15, -0.1) is 11.3 Å². The summed E-state index contributed by atoms with van der Waals surface area (Å²) in [7, 11) is 0. The second kappa shape index (κ2) is 9.37. The van der Waals surface area contributed by atoms with E-state index in [-0.39, 0.29) is 16.1 Å². The zero-order chi connectivity index (χ0) is 26.3. The molecule has 1 aliphatic heterocycles. The summed E-state index contributed by atoms with van der Waals surface area (Å²) in [5.74, 6) is -0.718. The van der Waals surface area contributed by atoms with Crippen molar-refractivity contribution in [2.24, 2.45) is 0 Å². The number of hydrogen-bond acceptors (Lipinski definition) is 5. The van der Waals surface area contributed by atoms with E-state index in [1.54, 1.807) is 24.3 Å². The summed E-state index contributed by atoms with van der Waals surface area (Å²) >= 11 is 1.10. The number of thiophene rings is 1. The molecule has 0 saturated carbocycles. The summed E-state index contributed by atoms with van der Waals surface area (Å²) in [5, 5.41) is 9.35. The Hall–Kier alpha value is -4.17. The average molecular weight is 530 g/mol. The van der Waals surface area contributed by atoms with Crippen LogP contribution in [0.4, 0.5) is 22.0 Å². The van der Waals surface area contributed by atoms with Gasteiger partial charge in [0.1, 0.15) is 36.5 Å². The zero-order valence-electron chi connectivity index (χ0n) is 18.7. The summed E-state index contributed by atoms with van der Waals surface area (Å²) in [6.45, 7) is 0.288. The van der Waals surface area contributed by atoms with Crippen molar-refractivity contribution in [3.63, 3.8) is 0 Å². The Bertz CT molecular complexity index is 1620. The van der Waals surface area contributed by atoms with Gasteiger partial charge in [-0.1, -0.05) is 6.07 Å². The molecule has 2 aromatic carbocycles. The van der Waals surface area contributed by atoms with E-state index in [0.717, 1.165) is 28.0 Å². The summed E-state index contributed by atoms with van der Waals surface area (Å²) < 4.78 is 81.1. The molecule has 0 spiro atoms. The molecule has 0 atom stereocenters. The van der Waals surface area contributed by atoms with Crippen LogP contribution in [0.25, 0.3) is 21.0 Å². The van der Waals surface area contributed by atoms with Gasteiger partial charge in [0, 0.05) is 16.5 Å². The molecular formula is C26H15F5N2O3S. The Kier molecular flexibility index (Phi) is 6.21. The van der Waals surface area contributed by atoms with Gasteiger partial charge >= 0.3 is 6.18 Å². The van der Waals surface area contributed by atoms with Crippen molar-refractivity contribution in [1.82, 2.24) is 4.57 Å². The SMILES string of the molecule is N#Cc1c(C(F)(F)F)cc(-c2ccc(-c3ccc4c(c3)OCCO4)s2)n(Cc2ccc(F)cc2F)c1=O. The van der Waals surface area contributed by atoms with Crippen LogP contribution in [0, 0.1) is 23.0 Å². The van der Waals surface area contributed by atoms with Gasteiger partial charge in [0.2, 0.25) is 0 Å². The van der Waals surface area contributed by atoms with E-state index in [1.807, 2.05) is 0 Å². The van der Waals surface area contributed by atoms with Crippen molar-refractivity contribution in [2.45, 2.75) is 12.7 Å². The fourth-order valence-electron chi connectivity index (χ4n) is 3.99. The minimum atomic E-state index is -4.98. The minimum Gasteiger partial charge on any atom is -0.486 e. The van der Waals surface area contributed by atoms with Crippen LogP contribution in [0.3, 0.4) is 0 Å². The molecular weight excluding hydrogens is 515 g/mol. The second-order valence-corrected chi connectivity index (χ2v) is 9.16. The lowest BCUT2D eigenvalue weighted by atomic mass is 10.1. The van der Waals surface area contributed by atoms with E-state index in [1.165, 1.54) is 12.1 Å². The fraction of sp³-hybridized carbons (Fsp3) is 0.154. The predicted octanol–water partition coefficient (Wildman–Crippen LogP) is 6.23. The monoisotopic (exact) mass is 530 g/mol. The largest absolute Gasteiger partial charge is 0.486 e. The first-order valence-electron chi connectivity index (χ1n) is 10.8. The number of nitriles is 1. The Morgan fingerprint density at radius 1 is 0.946 bits per heavy atom. The van der Waals surface area contributed by atoms with Crippen LogP contribution in [0.2, 0.25) is 0 Å². The number of halogens is 5. The molecule has 4 aromatic rings. The highest BCUT2D eigenvalue weighted by molar-refractivity contribution is 7.18. The molecule has 5 nitrogen and oxygen atoms in total. The summed E-state index contributed by atoms with van der Waals surface area (Å²) in [5.41, 5.74) is -3.30. The van der Waals surface area contributed by atoms with E-state index < -0.39 is 41.0 Å². The Balaban J connectivity index is 1.66. The molecule has 11 heteroatoms. The molecule has 3 heterocycles. The fourth-order valence-corrected chi connectivity index (χ4v) is 5.01. The number of ether oxygens (including phenoxy) is 2. The molecule has 1 aliphatic rings. The van der Waals surface area contributed by atoms with Crippen LogP contribution in [-0.2, 0) is 12.7 Å². The maximum atomic E-state index is 14.4. The topological polar surface area (TPSA) is 64.2 Å². The minimum absolute atomic E-state index is 0.128. The smallest absolute Gasteiger partial charge is 0.417 e. The van der Waals surface area contributed by atoms with Gasteiger partial charge in [-0.25, -0.2) is 8.78 Å². The lowest BCUT2D eigenvalue weighted by Gasteiger charge is -2.18. The van der Waals surface area contributed by atoms with Crippen LogP contribution < -0.4 is 15.0 Å². The maximum Gasteiger partial charge on any atom is 0.417 e. The lowest BCUT2D eigenvalue weighted by molar-refractivity contribution is -0.137. The number of alkyl halides is 3. The van der Waals surface area contributed by atoms with Crippen LogP contribution >= 0.6 is 11.3 Å². The molecule has 0 saturated heterocycles. The van der Waals surface area contributed by atoms with E-state index >= 15 is 0 Å². The van der Waals surface area contributed by atoms with Crippen molar-refractivity contribution < 1.29 is 31.4 Å². The van der Waals surface area contributed by atoms with Crippen LogP contribution in [0.15, 0.2) is 59.4 Å². The molecule has 0 N–H and O–H groups in total. The van der Waals surface area contributed by atoms with Gasteiger partial charge in [-0.05, 0) is 48.0 Å². The van der Waals surface area contributed by atoms with E-state index in [9.17, 15) is 32.0 Å². The quantitative estimate of drug-likeness (QED) is 0.294. The van der Waals surface area contributed by atoms with Gasteiger partial charge in [-0.3, -0.25) is 4.79 Å². The number of pyridine rings is 1. The molecule has 37 heavy (non-hydrogen) atoms. The number of aromatic nitrogens is 1. The third kappa shape index (κ3) is 4.68. The van der Waals surface area contributed by atoms with Gasteiger partial charge in [0.05, 0.1) is 22.7 Å². The average Bonchev–Trinajstić information content (AvgIpc) is 3.35. The number of rotatable bonds is 4. The molecule has 0 aliphatic carbocycles. The van der Waals surface area contributed by atoms with Crippen molar-refractivity contribution in [3.8, 4) is 38.6 Å². The number of benzene rings is 2. The van der Waals surface area contributed by atoms with Crippen molar-refractivity contribution in [2.75, 3.05) is 13.2 Å². The molecule has 0 bridgehead atoms. The lowest BCUT2D eigenvalue weighted by Crippen LogP contribution is -2.28. The third-order valence-corrected chi connectivity index (χ3v) is 6.90. The predicted molar refractivity (Wildman–Crippen MR) is 126 cm³/mol. The first kappa shape index (κ1) is 24.5. The highest BCUT2D eigenvalue weighted by atomic mass is 32.1.